The Balaban J connectivity index is 3.10. The van der Waals surface area contributed by atoms with Crippen molar-refractivity contribution in [3.05, 3.63) is 34.6 Å². The lowest BCUT2D eigenvalue weighted by Gasteiger charge is -2.16. The number of nitrogens with two attached hydrogens (primary N) is 1. The van der Waals surface area contributed by atoms with Crippen molar-refractivity contribution < 1.29 is 13.2 Å². The highest BCUT2D eigenvalue weighted by molar-refractivity contribution is 6.31. The van der Waals surface area contributed by atoms with E-state index in [0.717, 1.165) is 18.2 Å². The first-order valence-corrected chi connectivity index (χ1v) is 4.38. The third kappa shape index (κ3) is 2.39. The molecule has 0 aliphatic rings. The molecule has 0 aliphatic heterocycles. The predicted octanol–water partition coefficient (Wildman–Crippen LogP) is 2.92. The van der Waals surface area contributed by atoms with Crippen LogP contribution in [0.1, 0.15) is 12.0 Å². The molecule has 0 heterocycles. The summed E-state index contributed by atoms with van der Waals surface area (Å²) in [5.41, 5.74) is 4.51. The first-order valence-electron chi connectivity index (χ1n) is 4.01. The Kier molecular flexibility index (Phi) is 3.39. The highest BCUT2D eigenvalue weighted by atomic mass is 35.5. The van der Waals surface area contributed by atoms with Gasteiger partial charge in [0.1, 0.15) is 5.82 Å². The van der Waals surface area contributed by atoms with Crippen molar-refractivity contribution in [2.24, 2.45) is 5.73 Å². The van der Waals surface area contributed by atoms with Crippen molar-refractivity contribution in [1.29, 1.82) is 0 Å². The molecule has 0 aromatic heterocycles. The van der Waals surface area contributed by atoms with E-state index in [1.54, 1.807) is 0 Å². The number of hydrogen-bond donors (Lipinski definition) is 1. The van der Waals surface area contributed by atoms with Crippen LogP contribution in [0.3, 0.4) is 0 Å². The summed E-state index contributed by atoms with van der Waals surface area (Å²) in [6.45, 7) is -0.181. The fourth-order valence-electron chi connectivity index (χ4n) is 1.09. The van der Waals surface area contributed by atoms with Crippen molar-refractivity contribution in [2.75, 3.05) is 6.54 Å². The van der Waals surface area contributed by atoms with Crippen molar-refractivity contribution >= 4 is 11.6 Å². The van der Waals surface area contributed by atoms with Crippen LogP contribution in [0.4, 0.5) is 13.2 Å². The number of benzene rings is 1. The van der Waals surface area contributed by atoms with Gasteiger partial charge in [-0.05, 0) is 24.7 Å². The van der Waals surface area contributed by atoms with Gasteiger partial charge < -0.3 is 5.73 Å². The minimum absolute atomic E-state index is 0.148. The molecule has 1 aromatic rings. The largest absolute Gasteiger partial charge is 0.330 e. The standard InChI is InChI=1S/C9H9ClF3N/c10-8-2-1-6(11)5-7(8)9(12,13)3-4-14/h1-2,5H,3-4,14H2. The van der Waals surface area contributed by atoms with E-state index in [1.807, 2.05) is 0 Å². The molecule has 0 saturated heterocycles. The molecular weight excluding hydrogens is 215 g/mol. The van der Waals surface area contributed by atoms with Gasteiger partial charge in [-0.3, -0.25) is 0 Å². The minimum Gasteiger partial charge on any atom is -0.330 e. The molecule has 0 radical (unpaired) electrons. The first-order chi connectivity index (χ1) is 6.47. The Labute approximate surface area is 84.7 Å². The Morgan fingerprint density at radius 3 is 2.57 bits per heavy atom. The summed E-state index contributed by atoms with van der Waals surface area (Å²) in [7, 11) is 0. The van der Waals surface area contributed by atoms with Gasteiger partial charge in [-0.1, -0.05) is 11.6 Å². The molecule has 2 N–H and O–H groups in total. The highest BCUT2D eigenvalue weighted by Gasteiger charge is 2.33. The monoisotopic (exact) mass is 223 g/mol. The van der Waals surface area contributed by atoms with Gasteiger partial charge in [0.2, 0.25) is 0 Å². The van der Waals surface area contributed by atoms with E-state index < -0.39 is 23.7 Å². The molecule has 78 valence electrons. The van der Waals surface area contributed by atoms with Crippen LogP contribution >= 0.6 is 11.6 Å². The van der Waals surface area contributed by atoms with Crippen LogP contribution in [0.15, 0.2) is 18.2 Å². The van der Waals surface area contributed by atoms with Gasteiger partial charge >= 0.3 is 0 Å². The Bertz CT molecular complexity index is 328. The molecule has 0 unspecified atom stereocenters. The normalized spacial score (nSPS) is 11.8. The maximum absolute atomic E-state index is 13.3. The molecule has 1 nitrogen and oxygen atoms in total. The van der Waals surface area contributed by atoms with Gasteiger partial charge in [0.15, 0.2) is 0 Å². The molecule has 0 aliphatic carbocycles. The van der Waals surface area contributed by atoms with E-state index in [9.17, 15) is 13.2 Å². The summed E-state index contributed by atoms with van der Waals surface area (Å²) in [4.78, 5) is 0. The van der Waals surface area contributed by atoms with E-state index in [2.05, 4.69) is 0 Å². The van der Waals surface area contributed by atoms with Crippen molar-refractivity contribution in [3.63, 3.8) is 0 Å². The Hall–Kier alpha value is -0.740. The average Bonchev–Trinajstić information content (AvgIpc) is 2.09. The average molecular weight is 224 g/mol. The highest BCUT2D eigenvalue weighted by Crippen LogP contribution is 2.36. The van der Waals surface area contributed by atoms with E-state index in [-0.39, 0.29) is 11.6 Å². The topological polar surface area (TPSA) is 26.0 Å². The van der Waals surface area contributed by atoms with Crippen LogP contribution in [0, 0.1) is 5.82 Å². The number of rotatable bonds is 3. The molecule has 0 atom stereocenters. The molecule has 1 rings (SSSR count). The fourth-order valence-corrected chi connectivity index (χ4v) is 1.35. The van der Waals surface area contributed by atoms with Crippen LogP contribution in [-0.4, -0.2) is 6.54 Å². The summed E-state index contributed by atoms with van der Waals surface area (Å²) in [6, 6.07) is 2.87. The molecule has 0 saturated carbocycles. The predicted molar refractivity (Wildman–Crippen MR) is 49.0 cm³/mol. The first kappa shape index (κ1) is 11.3. The summed E-state index contributed by atoms with van der Waals surface area (Å²) in [5, 5.41) is -0.148. The van der Waals surface area contributed by atoms with Gasteiger partial charge in [-0.25, -0.2) is 13.2 Å². The summed E-state index contributed by atoms with van der Waals surface area (Å²) < 4.78 is 39.2. The second-order valence-electron chi connectivity index (χ2n) is 2.87. The molecule has 0 bridgehead atoms. The lowest BCUT2D eigenvalue weighted by molar-refractivity contribution is -0.0108. The van der Waals surface area contributed by atoms with Crippen LogP contribution in [-0.2, 0) is 5.92 Å². The zero-order valence-corrected chi connectivity index (χ0v) is 7.99. The molecule has 1 aromatic carbocycles. The molecule has 14 heavy (non-hydrogen) atoms. The lowest BCUT2D eigenvalue weighted by Crippen LogP contribution is -2.19. The third-order valence-corrected chi connectivity index (χ3v) is 2.11. The smallest absolute Gasteiger partial charge is 0.276 e. The molecule has 0 amide bonds. The van der Waals surface area contributed by atoms with Gasteiger partial charge in [-0.2, -0.15) is 0 Å². The van der Waals surface area contributed by atoms with Gasteiger partial charge in [-0.15, -0.1) is 0 Å². The van der Waals surface area contributed by atoms with Crippen molar-refractivity contribution in [2.45, 2.75) is 12.3 Å². The molecule has 0 fully saturated rings. The number of alkyl halides is 2. The molecule has 5 heteroatoms. The zero-order chi connectivity index (χ0) is 10.8. The van der Waals surface area contributed by atoms with Crippen molar-refractivity contribution in [1.82, 2.24) is 0 Å². The van der Waals surface area contributed by atoms with Crippen LogP contribution in [0.2, 0.25) is 5.02 Å². The maximum atomic E-state index is 13.3. The second kappa shape index (κ2) is 4.19. The molecule has 0 spiro atoms. The summed E-state index contributed by atoms with van der Waals surface area (Å²) >= 11 is 5.53. The zero-order valence-electron chi connectivity index (χ0n) is 7.24. The summed E-state index contributed by atoms with van der Waals surface area (Å²) in [5.74, 6) is -3.91. The lowest BCUT2D eigenvalue weighted by atomic mass is 10.1. The Morgan fingerprint density at radius 1 is 1.36 bits per heavy atom. The van der Waals surface area contributed by atoms with Gasteiger partial charge in [0.25, 0.3) is 5.92 Å². The van der Waals surface area contributed by atoms with Crippen LogP contribution in [0.25, 0.3) is 0 Å². The van der Waals surface area contributed by atoms with E-state index in [0.29, 0.717) is 0 Å². The molecular formula is C9H9ClF3N. The maximum Gasteiger partial charge on any atom is 0.276 e. The van der Waals surface area contributed by atoms with E-state index >= 15 is 0 Å². The number of halogens is 4. The number of hydrogen-bond acceptors (Lipinski definition) is 1. The Morgan fingerprint density at radius 2 is 2.00 bits per heavy atom. The quantitative estimate of drug-likeness (QED) is 0.838. The second-order valence-corrected chi connectivity index (χ2v) is 3.27. The van der Waals surface area contributed by atoms with E-state index in [1.165, 1.54) is 0 Å². The van der Waals surface area contributed by atoms with E-state index in [4.69, 9.17) is 17.3 Å². The van der Waals surface area contributed by atoms with Crippen LogP contribution in [0.5, 0.6) is 0 Å². The summed E-state index contributed by atoms with van der Waals surface area (Å²) in [6.07, 6.45) is -0.545. The van der Waals surface area contributed by atoms with Gasteiger partial charge in [0, 0.05) is 17.0 Å². The fraction of sp³-hybridized carbons (Fsp3) is 0.333. The minimum atomic E-state index is -3.17. The SMILES string of the molecule is NCCC(F)(F)c1cc(F)ccc1Cl. The van der Waals surface area contributed by atoms with Crippen molar-refractivity contribution in [3.8, 4) is 0 Å². The van der Waals surface area contributed by atoms with Crippen LogP contribution < -0.4 is 5.73 Å². The van der Waals surface area contributed by atoms with Gasteiger partial charge in [0.05, 0.1) is 0 Å². The third-order valence-electron chi connectivity index (χ3n) is 1.78.